The normalized spacial score (nSPS) is 19.7. The van der Waals surface area contributed by atoms with Gasteiger partial charge in [-0.2, -0.15) is 0 Å². The molecule has 33 heavy (non-hydrogen) atoms. The van der Waals surface area contributed by atoms with Crippen LogP contribution in [0.4, 0.5) is 4.79 Å². The number of primary amides is 1. The molecule has 2 aliphatic rings. The van der Waals surface area contributed by atoms with Crippen LogP contribution in [0.15, 0.2) is 48.5 Å². The van der Waals surface area contributed by atoms with Gasteiger partial charge in [0.25, 0.3) is 0 Å². The summed E-state index contributed by atoms with van der Waals surface area (Å²) >= 11 is 0. The quantitative estimate of drug-likeness (QED) is 0.698. The number of hydrogen-bond donors (Lipinski definition) is 1. The second-order valence-corrected chi connectivity index (χ2v) is 9.77. The third-order valence-corrected chi connectivity index (χ3v) is 6.17. The predicted octanol–water partition coefficient (Wildman–Crippen LogP) is 3.84. The van der Waals surface area contributed by atoms with Crippen LogP contribution in [0.2, 0.25) is 0 Å². The van der Waals surface area contributed by atoms with Crippen molar-refractivity contribution in [2.75, 3.05) is 13.2 Å². The lowest BCUT2D eigenvalue weighted by Crippen LogP contribution is -2.45. The maximum Gasteiger partial charge on any atom is 0.410 e. The van der Waals surface area contributed by atoms with Gasteiger partial charge in [-0.05, 0) is 55.4 Å². The van der Waals surface area contributed by atoms with Gasteiger partial charge in [-0.1, -0.05) is 48.5 Å². The number of carbonyl (C=O) groups excluding carboxylic acids is 3. The molecule has 0 radical (unpaired) electrons. The largest absolute Gasteiger partial charge is 0.465 e. The molecule has 1 saturated heterocycles. The number of nitrogens with two attached hydrogens (primary N) is 1. The van der Waals surface area contributed by atoms with Crippen LogP contribution >= 0.6 is 0 Å². The van der Waals surface area contributed by atoms with Crippen molar-refractivity contribution in [1.29, 1.82) is 0 Å². The maximum absolute atomic E-state index is 12.7. The van der Waals surface area contributed by atoms with E-state index in [0.717, 1.165) is 11.1 Å². The van der Waals surface area contributed by atoms with E-state index in [1.165, 1.54) is 16.0 Å². The number of nitrogens with zero attached hydrogens (tertiary/aromatic N) is 1. The first kappa shape index (κ1) is 22.8. The summed E-state index contributed by atoms with van der Waals surface area (Å²) in [5.74, 6) is -1.18. The standard InChI is InChI=1S/C26H30N2O5/c1-26(2,3)33-25(31)28-14-16(12-22(28)24(27)30)13-23(29)32-15-21-19-10-6-4-8-17(19)18-9-5-7-11-20(18)21/h4-11,16,21-22H,12-15H2,1-3H3,(H2,27,30)/t16-,22-/m0/s1. The Morgan fingerprint density at radius 2 is 1.58 bits per heavy atom. The maximum atomic E-state index is 12.7. The van der Waals surface area contributed by atoms with Gasteiger partial charge in [0.05, 0.1) is 6.42 Å². The summed E-state index contributed by atoms with van der Waals surface area (Å²) in [5.41, 5.74) is 9.46. The molecule has 0 bridgehead atoms. The van der Waals surface area contributed by atoms with Crippen LogP contribution in [0.25, 0.3) is 11.1 Å². The monoisotopic (exact) mass is 450 g/mol. The summed E-state index contributed by atoms with van der Waals surface area (Å²) in [6.07, 6.45) is -0.168. The number of esters is 1. The molecular weight excluding hydrogens is 420 g/mol. The van der Waals surface area contributed by atoms with E-state index < -0.39 is 23.6 Å². The van der Waals surface area contributed by atoms with Crippen molar-refractivity contribution in [3.8, 4) is 11.1 Å². The van der Waals surface area contributed by atoms with E-state index in [0.29, 0.717) is 6.42 Å². The Hall–Kier alpha value is -3.35. The molecule has 2 aromatic carbocycles. The lowest BCUT2D eigenvalue weighted by atomic mass is 9.98. The van der Waals surface area contributed by atoms with E-state index in [-0.39, 0.29) is 37.4 Å². The van der Waals surface area contributed by atoms with Gasteiger partial charge in [0.1, 0.15) is 18.2 Å². The molecule has 2 aromatic rings. The Morgan fingerprint density at radius 1 is 1.00 bits per heavy atom. The zero-order valence-electron chi connectivity index (χ0n) is 19.2. The summed E-state index contributed by atoms with van der Waals surface area (Å²) in [6.45, 7) is 5.75. The molecule has 1 aliphatic carbocycles. The molecule has 1 heterocycles. The van der Waals surface area contributed by atoms with Crippen LogP contribution < -0.4 is 5.73 Å². The minimum absolute atomic E-state index is 0.0124. The van der Waals surface area contributed by atoms with E-state index in [4.69, 9.17) is 15.2 Å². The molecule has 7 heteroatoms. The molecule has 7 nitrogen and oxygen atoms in total. The first-order valence-corrected chi connectivity index (χ1v) is 11.3. The molecule has 174 valence electrons. The highest BCUT2D eigenvalue weighted by Gasteiger charge is 2.41. The van der Waals surface area contributed by atoms with Crippen LogP contribution in [-0.4, -0.2) is 47.7 Å². The molecule has 0 aromatic heterocycles. The minimum Gasteiger partial charge on any atom is -0.465 e. The van der Waals surface area contributed by atoms with Crippen molar-refractivity contribution in [1.82, 2.24) is 4.90 Å². The number of carbonyl (C=O) groups is 3. The number of ether oxygens (including phenoxy) is 2. The highest BCUT2D eigenvalue weighted by atomic mass is 16.6. The summed E-state index contributed by atoms with van der Waals surface area (Å²) in [5, 5.41) is 0. The van der Waals surface area contributed by atoms with Crippen molar-refractivity contribution in [3.63, 3.8) is 0 Å². The lowest BCUT2D eigenvalue weighted by molar-refractivity contribution is -0.145. The van der Waals surface area contributed by atoms with Crippen LogP contribution in [0.1, 0.15) is 50.7 Å². The molecule has 1 aliphatic heterocycles. The zero-order valence-corrected chi connectivity index (χ0v) is 19.2. The molecule has 4 rings (SSSR count). The highest BCUT2D eigenvalue weighted by molar-refractivity contribution is 5.85. The van der Waals surface area contributed by atoms with Crippen LogP contribution in [-0.2, 0) is 19.1 Å². The molecule has 0 saturated carbocycles. The topological polar surface area (TPSA) is 98.9 Å². The summed E-state index contributed by atoms with van der Waals surface area (Å²) in [7, 11) is 0. The smallest absolute Gasteiger partial charge is 0.410 e. The minimum atomic E-state index is -0.786. The van der Waals surface area contributed by atoms with Crippen molar-refractivity contribution >= 4 is 18.0 Å². The van der Waals surface area contributed by atoms with Gasteiger partial charge in [-0.15, -0.1) is 0 Å². The number of rotatable bonds is 5. The van der Waals surface area contributed by atoms with Gasteiger partial charge in [0.15, 0.2) is 0 Å². The molecule has 2 atom stereocenters. The first-order chi connectivity index (χ1) is 15.6. The van der Waals surface area contributed by atoms with Crippen LogP contribution in [0.5, 0.6) is 0 Å². The van der Waals surface area contributed by atoms with Gasteiger partial charge >= 0.3 is 12.1 Å². The van der Waals surface area contributed by atoms with Gasteiger partial charge in [-0.3, -0.25) is 14.5 Å². The average molecular weight is 451 g/mol. The van der Waals surface area contributed by atoms with Crippen molar-refractivity contribution in [2.45, 2.75) is 51.2 Å². The van der Waals surface area contributed by atoms with Gasteiger partial charge in [-0.25, -0.2) is 4.79 Å². The zero-order chi connectivity index (χ0) is 23.8. The fraction of sp³-hybridized carbons (Fsp3) is 0.423. The third kappa shape index (κ3) is 4.87. The third-order valence-electron chi connectivity index (χ3n) is 6.17. The lowest BCUT2D eigenvalue weighted by Gasteiger charge is -2.27. The highest BCUT2D eigenvalue weighted by Crippen LogP contribution is 2.44. The SMILES string of the molecule is CC(C)(C)OC(=O)N1C[C@H](CC(=O)OCC2c3ccccc3-c3ccccc32)C[C@H]1C(N)=O. The van der Waals surface area contributed by atoms with Crippen molar-refractivity contribution in [2.24, 2.45) is 11.7 Å². The predicted molar refractivity (Wildman–Crippen MR) is 123 cm³/mol. The Balaban J connectivity index is 1.39. The van der Waals surface area contributed by atoms with Gasteiger partial charge in [0, 0.05) is 12.5 Å². The van der Waals surface area contributed by atoms with Crippen molar-refractivity contribution < 1.29 is 23.9 Å². The van der Waals surface area contributed by atoms with Crippen molar-refractivity contribution in [3.05, 3.63) is 59.7 Å². The number of fused-ring (bicyclic) bond motifs is 3. The number of likely N-dealkylation sites (tertiary alicyclic amines) is 1. The Kier molecular flexibility index (Phi) is 6.15. The van der Waals surface area contributed by atoms with E-state index in [2.05, 4.69) is 24.3 Å². The fourth-order valence-electron chi connectivity index (χ4n) is 4.77. The molecule has 0 unspecified atom stereocenters. The Labute approximate surface area is 193 Å². The molecule has 1 fully saturated rings. The summed E-state index contributed by atoms with van der Waals surface area (Å²) in [4.78, 5) is 38.4. The second kappa shape index (κ2) is 8.89. The molecular formula is C26H30N2O5. The molecule has 2 N–H and O–H groups in total. The van der Waals surface area contributed by atoms with Crippen LogP contribution in [0.3, 0.4) is 0 Å². The van der Waals surface area contributed by atoms with Crippen LogP contribution in [0, 0.1) is 5.92 Å². The van der Waals surface area contributed by atoms with E-state index in [1.807, 2.05) is 24.3 Å². The van der Waals surface area contributed by atoms with E-state index in [9.17, 15) is 14.4 Å². The second-order valence-electron chi connectivity index (χ2n) is 9.77. The van der Waals surface area contributed by atoms with Gasteiger partial charge in [0.2, 0.25) is 5.91 Å². The average Bonchev–Trinajstić information content (AvgIpc) is 3.31. The van der Waals surface area contributed by atoms with Gasteiger partial charge < -0.3 is 15.2 Å². The summed E-state index contributed by atoms with van der Waals surface area (Å²) in [6, 6.07) is 15.5. The molecule has 2 amide bonds. The molecule has 0 spiro atoms. The Morgan fingerprint density at radius 3 is 2.12 bits per heavy atom. The fourth-order valence-corrected chi connectivity index (χ4v) is 4.77. The summed E-state index contributed by atoms with van der Waals surface area (Å²) < 4.78 is 11.1. The number of benzene rings is 2. The number of amides is 2. The Bertz CT molecular complexity index is 1030. The first-order valence-electron chi connectivity index (χ1n) is 11.3. The number of hydrogen-bond acceptors (Lipinski definition) is 5. The van der Waals surface area contributed by atoms with E-state index in [1.54, 1.807) is 20.8 Å². The van der Waals surface area contributed by atoms with E-state index >= 15 is 0 Å².